The van der Waals surface area contributed by atoms with Gasteiger partial charge in [0.25, 0.3) is 0 Å². The van der Waals surface area contributed by atoms with Crippen LogP contribution in [0.25, 0.3) is 0 Å². The fourth-order valence-electron chi connectivity index (χ4n) is 2.12. The van der Waals surface area contributed by atoms with Crippen molar-refractivity contribution < 1.29 is 4.74 Å². The molecule has 1 aliphatic rings. The van der Waals surface area contributed by atoms with Gasteiger partial charge in [-0.05, 0) is 49.0 Å². The minimum absolute atomic E-state index is 0.128. The lowest BCUT2D eigenvalue weighted by Crippen LogP contribution is -2.38. The number of halogens is 2. The molecule has 0 amide bonds. The summed E-state index contributed by atoms with van der Waals surface area (Å²) < 4.78 is 8.10. The van der Waals surface area contributed by atoms with Crippen LogP contribution in [0.4, 0.5) is 0 Å². The van der Waals surface area contributed by atoms with Crippen molar-refractivity contribution in [2.75, 3.05) is 7.05 Å². The van der Waals surface area contributed by atoms with Crippen LogP contribution in [0.2, 0.25) is 0 Å². The minimum Gasteiger partial charge on any atom is -0.486 e. The molecular formula is C12H15Br2NO. The third kappa shape index (κ3) is 2.29. The van der Waals surface area contributed by atoms with E-state index in [1.165, 1.54) is 5.56 Å². The van der Waals surface area contributed by atoms with Crippen LogP contribution in [-0.2, 0) is 0 Å². The van der Waals surface area contributed by atoms with Gasteiger partial charge >= 0.3 is 0 Å². The second-order valence-corrected chi connectivity index (χ2v) is 6.48. The lowest BCUT2D eigenvalue weighted by atomic mass is 9.90. The Labute approximate surface area is 113 Å². The van der Waals surface area contributed by atoms with Crippen LogP contribution in [0.5, 0.6) is 5.75 Å². The summed E-state index contributed by atoms with van der Waals surface area (Å²) in [5.74, 6) is 0.957. The van der Waals surface area contributed by atoms with Crippen molar-refractivity contribution in [2.45, 2.75) is 31.9 Å². The zero-order valence-corrected chi connectivity index (χ0v) is 12.8. The van der Waals surface area contributed by atoms with Crippen LogP contribution < -0.4 is 10.1 Å². The van der Waals surface area contributed by atoms with Gasteiger partial charge in [-0.3, -0.25) is 0 Å². The van der Waals surface area contributed by atoms with Gasteiger partial charge in [0.1, 0.15) is 11.4 Å². The maximum atomic E-state index is 6.03. The largest absolute Gasteiger partial charge is 0.486 e. The molecular weight excluding hydrogens is 334 g/mol. The monoisotopic (exact) mass is 347 g/mol. The van der Waals surface area contributed by atoms with E-state index in [0.29, 0.717) is 6.04 Å². The summed E-state index contributed by atoms with van der Waals surface area (Å²) in [6.45, 7) is 4.24. The lowest BCUT2D eigenvalue weighted by molar-refractivity contribution is 0.0665. The molecule has 0 aliphatic carbocycles. The van der Waals surface area contributed by atoms with Gasteiger partial charge in [-0.15, -0.1) is 0 Å². The number of hydrogen-bond donors (Lipinski definition) is 1. The molecule has 1 atom stereocenters. The van der Waals surface area contributed by atoms with Gasteiger partial charge < -0.3 is 10.1 Å². The van der Waals surface area contributed by atoms with Crippen molar-refractivity contribution in [3.8, 4) is 5.75 Å². The third-order valence-electron chi connectivity index (χ3n) is 2.84. The summed E-state index contributed by atoms with van der Waals surface area (Å²) in [6, 6.07) is 4.48. The molecule has 1 heterocycles. The first kappa shape index (κ1) is 12.4. The highest BCUT2D eigenvalue weighted by atomic mass is 79.9. The number of benzene rings is 1. The predicted molar refractivity (Wildman–Crippen MR) is 73.0 cm³/mol. The van der Waals surface area contributed by atoms with Gasteiger partial charge in [-0.25, -0.2) is 0 Å². The molecule has 0 saturated heterocycles. The van der Waals surface area contributed by atoms with Gasteiger partial charge in [0.15, 0.2) is 0 Å². The van der Waals surface area contributed by atoms with Crippen LogP contribution in [-0.4, -0.2) is 12.6 Å². The van der Waals surface area contributed by atoms with Crippen LogP contribution in [0.1, 0.15) is 31.9 Å². The van der Waals surface area contributed by atoms with E-state index in [1.807, 2.05) is 13.1 Å². The number of rotatable bonds is 1. The normalized spacial score (nSPS) is 22.4. The van der Waals surface area contributed by atoms with E-state index in [-0.39, 0.29) is 5.60 Å². The van der Waals surface area contributed by atoms with E-state index in [9.17, 15) is 0 Å². The zero-order valence-electron chi connectivity index (χ0n) is 9.60. The Morgan fingerprint density at radius 3 is 2.69 bits per heavy atom. The molecule has 0 saturated carbocycles. The van der Waals surface area contributed by atoms with E-state index in [0.717, 1.165) is 21.1 Å². The highest BCUT2D eigenvalue weighted by Crippen LogP contribution is 2.44. The number of fused-ring (bicyclic) bond motifs is 1. The summed E-state index contributed by atoms with van der Waals surface area (Å²) in [5, 5.41) is 3.35. The highest BCUT2D eigenvalue weighted by molar-refractivity contribution is 9.11. The summed E-state index contributed by atoms with van der Waals surface area (Å²) in [4.78, 5) is 0. The van der Waals surface area contributed by atoms with Crippen LogP contribution in [0.15, 0.2) is 21.1 Å². The Balaban J connectivity index is 2.54. The SMILES string of the molecule is CNC1CC(C)(C)Oc2c(Br)cc(Br)cc21. The second-order valence-electron chi connectivity index (χ2n) is 4.71. The topological polar surface area (TPSA) is 21.3 Å². The number of hydrogen-bond acceptors (Lipinski definition) is 2. The summed E-state index contributed by atoms with van der Waals surface area (Å²) in [5.41, 5.74) is 1.08. The van der Waals surface area contributed by atoms with Crippen LogP contribution in [0, 0.1) is 0 Å². The first-order chi connectivity index (χ1) is 7.43. The Bertz CT molecular complexity index is 418. The maximum absolute atomic E-state index is 6.03. The summed E-state index contributed by atoms with van der Waals surface area (Å²) in [6.07, 6.45) is 0.972. The van der Waals surface area contributed by atoms with Crippen LogP contribution in [0.3, 0.4) is 0 Å². The first-order valence-corrected chi connectivity index (χ1v) is 6.87. The number of nitrogens with one attached hydrogen (secondary N) is 1. The average Bonchev–Trinajstić information content (AvgIpc) is 2.18. The molecule has 1 aromatic carbocycles. The van der Waals surface area contributed by atoms with E-state index < -0.39 is 0 Å². The molecule has 1 aromatic rings. The molecule has 0 aromatic heterocycles. The van der Waals surface area contributed by atoms with E-state index in [2.05, 4.69) is 57.1 Å². The van der Waals surface area contributed by atoms with E-state index in [1.54, 1.807) is 0 Å². The molecule has 2 nitrogen and oxygen atoms in total. The Morgan fingerprint density at radius 1 is 1.38 bits per heavy atom. The Kier molecular flexibility index (Phi) is 3.34. The van der Waals surface area contributed by atoms with Gasteiger partial charge in [0.2, 0.25) is 0 Å². The maximum Gasteiger partial charge on any atom is 0.139 e. The van der Waals surface area contributed by atoms with Crippen molar-refractivity contribution in [1.82, 2.24) is 5.32 Å². The van der Waals surface area contributed by atoms with Crippen molar-refractivity contribution in [1.29, 1.82) is 0 Å². The predicted octanol–water partition coefficient (Wildman–Crippen LogP) is 4.03. The molecule has 0 spiro atoms. The molecule has 2 rings (SSSR count). The summed E-state index contributed by atoms with van der Waals surface area (Å²) in [7, 11) is 1.99. The standard InChI is InChI=1S/C12H15Br2NO/c1-12(2)6-10(15-3)8-4-7(13)5-9(14)11(8)16-12/h4-5,10,15H,6H2,1-3H3. The van der Waals surface area contributed by atoms with Gasteiger partial charge in [-0.2, -0.15) is 0 Å². The zero-order chi connectivity index (χ0) is 11.9. The molecule has 1 aliphatic heterocycles. The second kappa shape index (κ2) is 4.31. The van der Waals surface area contributed by atoms with Gasteiger partial charge in [-0.1, -0.05) is 15.9 Å². The molecule has 88 valence electrons. The minimum atomic E-state index is -0.128. The molecule has 4 heteroatoms. The molecule has 0 radical (unpaired) electrons. The van der Waals surface area contributed by atoms with Gasteiger partial charge in [0.05, 0.1) is 4.47 Å². The molecule has 1 unspecified atom stereocenters. The highest BCUT2D eigenvalue weighted by Gasteiger charge is 2.34. The smallest absolute Gasteiger partial charge is 0.139 e. The quantitative estimate of drug-likeness (QED) is 0.827. The molecule has 16 heavy (non-hydrogen) atoms. The van der Waals surface area contributed by atoms with Crippen molar-refractivity contribution in [3.63, 3.8) is 0 Å². The number of ether oxygens (including phenoxy) is 1. The summed E-state index contributed by atoms with van der Waals surface area (Å²) >= 11 is 7.07. The molecule has 1 N–H and O–H groups in total. The van der Waals surface area contributed by atoms with Crippen LogP contribution >= 0.6 is 31.9 Å². The Morgan fingerprint density at radius 2 is 2.06 bits per heavy atom. The third-order valence-corrected chi connectivity index (χ3v) is 3.88. The Hall–Kier alpha value is -0.0600. The van der Waals surface area contributed by atoms with Crippen molar-refractivity contribution in [2.24, 2.45) is 0 Å². The lowest BCUT2D eigenvalue weighted by Gasteiger charge is -2.38. The molecule has 0 fully saturated rings. The molecule has 0 bridgehead atoms. The first-order valence-electron chi connectivity index (χ1n) is 5.28. The average molecular weight is 349 g/mol. The fourth-order valence-corrected chi connectivity index (χ4v) is 3.46. The van der Waals surface area contributed by atoms with Crippen molar-refractivity contribution >= 4 is 31.9 Å². The fraction of sp³-hybridized carbons (Fsp3) is 0.500. The van der Waals surface area contributed by atoms with E-state index in [4.69, 9.17) is 4.74 Å². The van der Waals surface area contributed by atoms with E-state index >= 15 is 0 Å². The van der Waals surface area contributed by atoms with Gasteiger partial charge in [0, 0.05) is 22.5 Å². The van der Waals surface area contributed by atoms with Crippen molar-refractivity contribution in [3.05, 3.63) is 26.6 Å².